The quantitative estimate of drug-likeness (QED) is 0.874. The maximum absolute atomic E-state index is 6.08. The third kappa shape index (κ3) is 3.71. The number of rotatable bonds is 4. The van der Waals surface area contributed by atoms with Crippen LogP contribution in [0.25, 0.3) is 0 Å². The molecule has 0 amide bonds. The van der Waals surface area contributed by atoms with E-state index in [0.29, 0.717) is 0 Å². The molecule has 1 rings (SSSR count). The smallest absolute Gasteiger partial charge is 0.0295 e. The first-order valence-electron chi connectivity index (χ1n) is 4.85. The Bertz CT molecular complexity index is 279. The third-order valence-electron chi connectivity index (χ3n) is 2.18. The summed E-state index contributed by atoms with van der Waals surface area (Å²) in [5.41, 5.74) is 7.27. The molecule has 1 atom stereocenters. The highest BCUT2D eigenvalue weighted by Gasteiger charge is 2.06. The summed E-state index contributed by atoms with van der Waals surface area (Å²) in [6.07, 6.45) is 3.44. The van der Waals surface area contributed by atoms with Crippen LogP contribution < -0.4 is 5.73 Å². The first-order chi connectivity index (χ1) is 6.63. The normalized spacial score (nSPS) is 12.9. The number of halogens is 2. The summed E-state index contributed by atoms with van der Waals surface area (Å²) < 4.78 is 2.16. The number of benzene rings is 1. The molecule has 0 saturated carbocycles. The van der Waals surface area contributed by atoms with Gasteiger partial charge in [0.25, 0.3) is 0 Å². The molecule has 78 valence electrons. The molecule has 1 aromatic carbocycles. The van der Waals surface area contributed by atoms with Crippen LogP contribution >= 0.6 is 31.9 Å². The molecule has 0 spiro atoms. The predicted molar refractivity (Wildman–Crippen MR) is 68.3 cm³/mol. The van der Waals surface area contributed by atoms with Crippen molar-refractivity contribution in [3.8, 4) is 0 Å². The Kier molecular flexibility index (Phi) is 5.13. The zero-order valence-electron chi connectivity index (χ0n) is 8.26. The van der Waals surface area contributed by atoms with Crippen molar-refractivity contribution in [1.29, 1.82) is 0 Å². The minimum absolute atomic E-state index is 0.156. The largest absolute Gasteiger partial charge is 0.324 e. The summed E-state index contributed by atoms with van der Waals surface area (Å²) >= 11 is 6.93. The first kappa shape index (κ1) is 12.2. The van der Waals surface area contributed by atoms with Gasteiger partial charge < -0.3 is 5.73 Å². The van der Waals surface area contributed by atoms with E-state index in [1.807, 2.05) is 6.07 Å². The minimum Gasteiger partial charge on any atom is -0.324 e. The summed E-state index contributed by atoms with van der Waals surface area (Å²) in [6.45, 7) is 2.18. The lowest BCUT2D eigenvalue weighted by Gasteiger charge is -2.12. The van der Waals surface area contributed by atoms with Crippen LogP contribution in [0.3, 0.4) is 0 Å². The van der Waals surface area contributed by atoms with Gasteiger partial charge in [0.2, 0.25) is 0 Å². The van der Waals surface area contributed by atoms with Crippen LogP contribution in [-0.2, 0) is 0 Å². The van der Waals surface area contributed by atoms with Crippen LogP contribution in [0.5, 0.6) is 0 Å². The zero-order valence-corrected chi connectivity index (χ0v) is 11.4. The highest BCUT2D eigenvalue weighted by molar-refractivity contribution is 9.11. The number of hydrogen-bond donors (Lipinski definition) is 1. The molecule has 0 aromatic heterocycles. The van der Waals surface area contributed by atoms with E-state index in [0.717, 1.165) is 15.4 Å². The van der Waals surface area contributed by atoms with E-state index in [4.69, 9.17) is 5.73 Å². The molecule has 0 fully saturated rings. The van der Waals surface area contributed by atoms with Crippen LogP contribution in [0.2, 0.25) is 0 Å². The summed E-state index contributed by atoms with van der Waals surface area (Å²) in [7, 11) is 0. The van der Waals surface area contributed by atoms with Crippen LogP contribution in [0.15, 0.2) is 27.1 Å². The van der Waals surface area contributed by atoms with Crippen molar-refractivity contribution in [3.63, 3.8) is 0 Å². The van der Waals surface area contributed by atoms with Crippen molar-refractivity contribution in [2.24, 2.45) is 5.73 Å². The average molecular weight is 321 g/mol. The van der Waals surface area contributed by atoms with Crippen molar-refractivity contribution in [2.45, 2.75) is 32.2 Å². The molecule has 0 unspecified atom stereocenters. The summed E-state index contributed by atoms with van der Waals surface area (Å²) in [5.74, 6) is 0. The van der Waals surface area contributed by atoms with Gasteiger partial charge >= 0.3 is 0 Å². The second-order valence-electron chi connectivity index (χ2n) is 3.45. The van der Waals surface area contributed by atoms with Gasteiger partial charge in [-0.3, -0.25) is 0 Å². The fourth-order valence-electron chi connectivity index (χ4n) is 1.38. The molecular formula is C11H15Br2N. The molecule has 2 N–H and O–H groups in total. The lowest BCUT2D eigenvalue weighted by atomic mass is 10.0. The fraction of sp³-hybridized carbons (Fsp3) is 0.455. The molecule has 3 heteroatoms. The van der Waals surface area contributed by atoms with Crippen molar-refractivity contribution in [1.82, 2.24) is 0 Å². The Balaban J connectivity index is 2.73. The Morgan fingerprint density at radius 3 is 2.29 bits per heavy atom. The molecule has 0 radical (unpaired) electrons. The molecule has 1 aromatic rings. The number of nitrogens with two attached hydrogens (primary N) is 1. The second kappa shape index (κ2) is 5.89. The summed E-state index contributed by atoms with van der Waals surface area (Å²) in [5, 5.41) is 0. The van der Waals surface area contributed by atoms with Crippen molar-refractivity contribution in [3.05, 3.63) is 32.7 Å². The molecule has 0 aliphatic carbocycles. The van der Waals surface area contributed by atoms with Gasteiger partial charge in [0.1, 0.15) is 0 Å². The van der Waals surface area contributed by atoms with E-state index >= 15 is 0 Å². The Hall–Kier alpha value is 0.140. The fourth-order valence-corrected chi connectivity index (χ4v) is 2.71. The van der Waals surface area contributed by atoms with E-state index in [-0.39, 0.29) is 6.04 Å². The molecule has 14 heavy (non-hydrogen) atoms. The van der Waals surface area contributed by atoms with Crippen LogP contribution in [-0.4, -0.2) is 0 Å². The standard InChI is InChI=1S/C11H15Br2N/c1-2-3-4-11(14)8-5-9(12)7-10(13)6-8/h5-7,11H,2-4,14H2,1H3/t11-/m0/s1. The molecule has 0 aliphatic heterocycles. The topological polar surface area (TPSA) is 26.0 Å². The summed E-state index contributed by atoms with van der Waals surface area (Å²) in [6, 6.07) is 6.36. The number of unbranched alkanes of at least 4 members (excludes halogenated alkanes) is 1. The van der Waals surface area contributed by atoms with Gasteiger partial charge in [0, 0.05) is 15.0 Å². The van der Waals surface area contributed by atoms with E-state index in [1.54, 1.807) is 0 Å². The molecule has 0 heterocycles. The van der Waals surface area contributed by atoms with Gasteiger partial charge in [-0.25, -0.2) is 0 Å². The first-order valence-corrected chi connectivity index (χ1v) is 6.43. The minimum atomic E-state index is 0.156. The molecule has 0 saturated heterocycles. The van der Waals surface area contributed by atoms with Gasteiger partial charge in [-0.1, -0.05) is 51.6 Å². The summed E-state index contributed by atoms with van der Waals surface area (Å²) in [4.78, 5) is 0. The van der Waals surface area contributed by atoms with Gasteiger partial charge in [-0.05, 0) is 30.2 Å². The van der Waals surface area contributed by atoms with E-state index in [9.17, 15) is 0 Å². The molecule has 0 aliphatic rings. The van der Waals surface area contributed by atoms with Gasteiger partial charge in [0.05, 0.1) is 0 Å². The SMILES string of the molecule is CCCC[C@H](N)c1cc(Br)cc(Br)c1. The average Bonchev–Trinajstić information content (AvgIpc) is 2.12. The van der Waals surface area contributed by atoms with Crippen molar-refractivity contribution < 1.29 is 0 Å². The lowest BCUT2D eigenvalue weighted by Crippen LogP contribution is -2.09. The van der Waals surface area contributed by atoms with Gasteiger partial charge in [0.15, 0.2) is 0 Å². The van der Waals surface area contributed by atoms with Crippen LogP contribution in [0, 0.1) is 0 Å². The van der Waals surface area contributed by atoms with E-state index in [2.05, 4.69) is 50.9 Å². The number of hydrogen-bond acceptors (Lipinski definition) is 1. The molecule has 0 bridgehead atoms. The Morgan fingerprint density at radius 2 is 1.79 bits per heavy atom. The van der Waals surface area contributed by atoms with Crippen molar-refractivity contribution in [2.75, 3.05) is 0 Å². The predicted octanol–water partition coefficient (Wildman–Crippen LogP) is 4.40. The molecular weight excluding hydrogens is 306 g/mol. The zero-order chi connectivity index (χ0) is 10.6. The Morgan fingerprint density at radius 1 is 1.21 bits per heavy atom. The maximum Gasteiger partial charge on any atom is 0.0295 e. The monoisotopic (exact) mass is 319 g/mol. The van der Waals surface area contributed by atoms with E-state index in [1.165, 1.54) is 18.4 Å². The van der Waals surface area contributed by atoms with Crippen LogP contribution in [0.1, 0.15) is 37.8 Å². The highest BCUT2D eigenvalue weighted by atomic mass is 79.9. The maximum atomic E-state index is 6.08. The van der Waals surface area contributed by atoms with Gasteiger partial charge in [-0.15, -0.1) is 0 Å². The Labute approximate surface area is 102 Å². The van der Waals surface area contributed by atoms with Crippen LogP contribution in [0.4, 0.5) is 0 Å². The highest BCUT2D eigenvalue weighted by Crippen LogP contribution is 2.25. The third-order valence-corrected chi connectivity index (χ3v) is 3.10. The van der Waals surface area contributed by atoms with Gasteiger partial charge in [-0.2, -0.15) is 0 Å². The molecule has 1 nitrogen and oxygen atoms in total. The second-order valence-corrected chi connectivity index (χ2v) is 5.28. The van der Waals surface area contributed by atoms with E-state index < -0.39 is 0 Å². The lowest BCUT2D eigenvalue weighted by molar-refractivity contribution is 0.603. The van der Waals surface area contributed by atoms with Crippen molar-refractivity contribution >= 4 is 31.9 Å².